The highest BCUT2D eigenvalue weighted by Crippen LogP contribution is 2.18. The van der Waals surface area contributed by atoms with E-state index in [-0.39, 0.29) is 0 Å². The monoisotopic (exact) mass is 258 g/mol. The van der Waals surface area contributed by atoms with Crippen LogP contribution in [-0.4, -0.2) is 33.7 Å². The van der Waals surface area contributed by atoms with Crippen molar-refractivity contribution in [1.29, 1.82) is 0 Å². The minimum absolute atomic E-state index is 0.570. The highest BCUT2D eigenvalue weighted by Gasteiger charge is 2.27. The Morgan fingerprint density at radius 3 is 1.50 bits per heavy atom. The van der Waals surface area contributed by atoms with Gasteiger partial charge in [0.15, 0.2) is 0 Å². The molecule has 0 saturated carbocycles. The van der Waals surface area contributed by atoms with Crippen LogP contribution < -0.4 is 0 Å². The molecule has 0 unspecified atom stereocenters. The van der Waals surface area contributed by atoms with Crippen LogP contribution in [0.5, 0.6) is 0 Å². The van der Waals surface area contributed by atoms with Crippen LogP contribution in [0.1, 0.15) is 31.1 Å². The third kappa shape index (κ3) is 2.43. The zero-order chi connectivity index (χ0) is 13.7. The van der Waals surface area contributed by atoms with Gasteiger partial charge in [-0.25, -0.2) is 14.4 Å². The summed E-state index contributed by atoms with van der Waals surface area (Å²) in [4.78, 5) is 43.7. The molecule has 96 valence electrons. The van der Waals surface area contributed by atoms with E-state index < -0.39 is 34.6 Å². The van der Waals surface area contributed by atoms with Crippen molar-refractivity contribution in [1.82, 2.24) is 0 Å². The maximum atomic E-state index is 11.2. The van der Waals surface area contributed by atoms with Crippen molar-refractivity contribution in [2.24, 2.45) is 0 Å². The molecule has 3 N–H and O–H groups in total. The van der Waals surface area contributed by atoms with Crippen molar-refractivity contribution in [3.8, 4) is 0 Å². The molecule has 0 atom stereocenters. The molecule has 0 amide bonds. The molecule has 0 aliphatic carbocycles. The van der Waals surface area contributed by atoms with E-state index in [0.717, 1.165) is 18.2 Å². The maximum absolute atomic E-state index is 11.2. The van der Waals surface area contributed by atoms with Gasteiger partial charge in [0.05, 0.1) is 16.7 Å². The van der Waals surface area contributed by atoms with E-state index in [1.54, 1.807) is 0 Å². The lowest BCUT2D eigenvalue weighted by Gasteiger charge is -2.07. The summed E-state index contributed by atoms with van der Waals surface area (Å²) in [5.74, 6) is -4.22. The summed E-state index contributed by atoms with van der Waals surface area (Å²) >= 11 is 0. The van der Waals surface area contributed by atoms with Crippen molar-refractivity contribution in [3.63, 3.8) is 0 Å². The smallest absolute Gasteiger partial charge is 0.295 e. The second-order valence-electron chi connectivity index (χ2n) is 2.86. The second-order valence-corrected chi connectivity index (χ2v) is 2.86. The summed E-state index contributed by atoms with van der Waals surface area (Å²) in [5, 5.41) is 24.7. The fourth-order valence-corrected chi connectivity index (χ4v) is 1.26. The first-order valence-electron chi connectivity index (χ1n) is 4.27. The Hall–Kier alpha value is -2.49. The molecule has 0 aliphatic heterocycles. The second kappa shape index (κ2) is 5.72. The lowest BCUT2D eigenvalue weighted by atomic mass is 10.0. The Kier molecular flexibility index (Phi) is 4.32. The fraction of sp³-hybridized carbons (Fsp3) is 0. The third-order valence-electron chi connectivity index (χ3n) is 1.96. The van der Waals surface area contributed by atoms with E-state index in [2.05, 4.69) is 14.7 Å². The quantitative estimate of drug-likeness (QED) is 0.403. The van der Waals surface area contributed by atoms with Crippen molar-refractivity contribution in [2.75, 3.05) is 0 Å². The van der Waals surface area contributed by atoms with Gasteiger partial charge in [-0.05, 0) is 12.1 Å². The number of carbonyl (C=O) groups is 3. The lowest BCUT2D eigenvalue weighted by molar-refractivity contribution is -0.186. The number of benzene rings is 1. The average Bonchev–Trinajstić information content (AvgIpc) is 2.43. The predicted molar refractivity (Wildman–Crippen MR) is 50.6 cm³/mol. The number of hydrogen-bond donors (Lipinski definition) is 3. The third-order valence-corrected chi connectivity index (χ3v) is 1.96. The van der Waals surface area contributed by atoms with Crippen molar-refractivity contribution < 1.29 is 44.8 Å². The number of carbonyl (C=O) groups excluding carboxylic acids is 3. The van der Waals surface area contributed by atoms with Gasteiger partial charge >= 0.3 is 17.9 Å². The summed E-state index contributed by atoms with van der Waals surface area (Å²) in [5.41, 5.74) is -1.88. The van der Waals surface area contributed by atoms with Crippen LogP contribution in [0.2, 0.25) is 0 Å². The fourth-order valence-electron chi connectivity index (χ4n) is 1.26. The van der Waals surface area contributed by atoms with Crippen molar-refractivity contribution in [2.45, 2.75) is 0 Å². The van der Waals surface area contributed by atoms with E-state index in [1.807, 2.05) is 0 Å². The minimum atomic E-state index is -1.48. The van der Waals surface area contributed by atoms with Gasteiger partial charge in [-0.15, -0.1) is 0 Å². The predicted octanol–water partition coefficient (Wildman–Crippen LogP) is 0.576. The normalized spacial score (nSPS) is 9.50. The van der Waals surface area contributed by atoms with Gasteiger partial charge in [-0.2, -0.15) is 15.8 Å². The highest BCUT2D eigenvalue weighted by molar-refractivity contribution is 6.10. The van der Waals surface area contributed by atoms with Crippen LogP contribution in [-0.2, 0) is 14.7 Å². The van der Waals surface area contributed by atoms with Gasteiger partial charge < -0.3 is 0 Å². The molecule has 9 heteroatoms. The first-order chi connectivity index (χ1) is 8.56. The van der Waals surface area contributed by atoms with Gasteiger partial charge in [0, 0.05) is 0 Å². The number of hydrogen-bond acceptors (Lipinski definition) is 9. The van der Waals surface area contributed by atoms with Gasteiger partial charge in [0.1, 0.15) is 0 Å². The van der Waals surface area contributed by atoms with Gasteiger partial charge in [-0.3, -0.25) is 14.7 Å². The van der Waals surface area contributed by atoms with Crippen molar-refractivity contribution >= 4 is 17.9 Å². The van der Waals surface area contributed by atoms with Crippen LogP contribution in [0.3, 0.4) is 0 Å². The Morgan fingerprint density at radius 2 is 1.17 bits per heavy atom. The first-order valence-corrected chi connectivity index (χ1v) is 4.27. The topological polar surface area (TPSA) is 140 Å². The molecule has 1 rings (SSSR count). The molecule has 18 heavy (non-hydrogen) atoms. The zero-order valence-electron chi connectivity index (χ0n) is 8.52. The average molecular weight is 258 g/mol. The Labute approximate surface area is 98.5 Å². The van der Waals surface area contributed by atoms with Gasteiger partial charge in [0.2, 0.25) is 0 Å². The van der Waals surface area contributed by atoms with Gasteiger partial charge in [-0.1, -0.05) is 6.07 Å². The molecule has 0 aliphatic rings. The van der Waals surface area contributed by atoms with E-state index in [4.69, 9.17) is 15.8 Å². The molecular formula is C9H6O9. The highest BCUT2D eigenvalue weighted by atomic mass is 17.1. The van der Waals surface area contributed by atoms with Crippen LogP contribution in [0.4, 0.5) is 0 Å². The summed E-state index contributed by atoms with van der Waals surface area (Å²) < 4.78 is 0. The van der Waals surface area contributed by atoms with E-state index >= 15 is 0 Å². The van der Waals surface area contributed by atoms with Gasteiger partial charge in [0.25, 0.3) is 0 Å². The SMILES string of the molecule is O=C(OO)c1cccc(C(=O)OO)c1C(=O)OO. The van der Waals surface area contributed by atoms with E-state index in [1.165, 1.54) is 0 Å². The van der Waals surface area contributed by atoms with Crippen molar-refractivity contribution in [3.05, 3.63) is 34.9 Å². The summed E-state index contributed by atoms with van der Waals surface area (Å²) in [6.45, 7) is 0. The molecule has 0 radical (unpaired) electrons. The van der Waals surface area contributed by atoms with Crippen LogP contribution in [0.25, 0.3) is 0 Å². The standard InChI is InChI=1S/C9H6O9/c10-7(16-13)4-2-1-3-5(8(11)17-14)6(4)9(12)18-15/h1-3,13-15H. The Bertz CT molecular complexity index is 459. The minimum Gasteiger partial charge on any atom is -0.295 e. The van der Waals surface area contributed by atoms with E-state index in [9.17, 15) is 14.4 Å². The first kappa shape index (κ1) is 13.6. The summed E-state index contributed by atoms with van der Waals surface area (Å²) in [6, 6.07) is 3.17. The molecular weight excluding hydrogens is 252 g/mol. The molecule has 0 heterocycles. The molecule has 1 aromatic carbocycles. The Balaban J connectivity index is 3.49. The maximum Gasteiger partial charge on any atom is 0.374 e. The molecule has 0 bridgehead atoms. The molecule has 0 spiro atoms. The van der Waals surface area contributed by atoms with Crippen LogP contribution in [0, 0.1) is 0 Å². The molecule has 9 nitrogen and oxygen atoms in total. The van der Waals surface area contributed by atoms with Crippen LogP contribution in [0.15, 0.2) is 18.2 Å². The molecule has 0 fully saturated rings. The zero-order valence-corrected chi connectivity index (χ0v) is 8.52. The van der Waals surface area contributed by atoms with E-state index in [0.29, 0.717) is 0 Å². The number of rotatable bonds is 3. The largest absolute Gasteiger partial charge is 0.374 e. The molecule has 1 aromatic rings. The summed E-state index contributed by atoms with van der Waals surface area (Å²) in [7, 11) is 0. The van der Waals surface area contributed by atoms with Crippen LogP contribution >= 0.6 is 0 Å². The molecule has 0 aromatic heterocycles. The molecule has 0 saturated heterocycles. The Morgan fingerprint density at radius 1 is 0.778 bits per heavy atom. The lowest BCUT2D eigenvalue weighted by Crippen LogP contribution is -2.18. The summed E-state index contributed by atoms with van der Waals surface area (Å²) in [6.07, 6.45) is 0.